The van der Waals surface area contributed by atoms with E-state index in [1.807, 2.05) is 54.6 Å². The molecule has 0 aromatic heterocycles. The molecule has 0 aliphatic carbocycles. The quantitative estimate of drug-likeness (QED) is 0.226. The molecule has 1 heterocycles. The Labute approximate surface area is 219 Å². The van der Waals surface area contributed by atoms with Crippen molar-refractivity contribution in [2.75, 3.05) is 35.2 Å². The normalized spacial score (nSPS) is 16.7. The molecular weight excluding hydrogens is 563 g/mol. The van der Waals surface area contributed by atoms with Crippen LogP contribution in [-0.2, 0) is 22.5 Å². The average molecular weight is 592 g/mol. The van der Waals surface area contributed by atoms with Crippen molar-refractivity contribution >= 4 is 22.6 Å². The molecule has 0 fully saturated rings. The Kier molecular flexibility index (Phi) is 8.59. The van der Waals surface area contributed by atoms with Crippen LogP contribution in [0.5, 0.6) is 28.7 Å². The lowest BCUT2D eigenvalue weighted by atomic mass is 9.93. The van der Waals surface area contributed by atoms with Gasteiger partial charge in [-0.15, -0.1) is 0 Å². The third kappa shape index (κ3) is 5.76. The maximum absolute atomic E-state index is 6.63. The first-order chi connectivity index (χ1) is 17.1. The Bertz CT molecular complexity index is 1120. The van der Waals surface area contributed by atoms with Crippen molar-refractivity contribution in [2.24, 2.45) is 0 Å². The molecule has 0 amide bonds. The highest BCUT2D eigenvalue weighted by atomic mass is 127. The standard InChI is InChI=1S/C27H29IO7/c1-29-16-34-23-14-22(32-4)21-13-24(33-15-17-5-9-19(30-2)10-6-17)26(35-27(21)25(23)28)18-7-11-20(31-3)12-8-18/h5-12,14,24,26H,13,15-16H2,1-4H3/t24-,26+/m0/s1. The second kappa shape index (κ2) is 11.8. The van der Waals surface area contributed by atoms with E-state index < -0.39 is 0 Å². The largest absolute Gasteiger partial charge is 0.497 e. The fourth-order valence-electron chi connectivity index (χ4n) is 4.01. The molecule has 0 N–H and O–H groups in total. The second-order valence-corrected chi connectivity index (χ2v) is 9.04. The fraction of sp³-hybridized carbons (Fsp3) is 0.333. The zero-order chi connectivity index (χ0) is 24.8. The highest BCUT2D eigenvalue weighted by Gasteiger charge is 2.36. The van der Waals surface area contributed by atoms with Gasteiger partial charge in [-0.3, -0.25) is 0 Å². The predicted octanol–water partition coefficient (Wildman–Crippen LogP) is 5.56. The average Bonchev–Trinajstić information content (AvgIpc) is 2.91. The van der Waals surface area contributed by atoms with Gasteiger partial charge in [-0.25, -0.2) is 0 Å². The Balaban J connectivity index is 1.67. The van der Waals surface area contributed by atoms with E-state index in [2.05, 4.69) is 22.6 Å². The molecule has 3 aromatic carbocycles. The molecule has 0 radical (unpaired) electrons. The number of ether oxygens (including phenoxy) is 7. The summed E-state index contributed by atoms with van der Waals surface area (Å²) in [7, 11) is 6.54. The number of hydrogen-bond donors (Lipinski definition) is 0. The molecule has 0 saturated heterocycles. The maximum atomic E-state index is 6.63. The zero-order valence-corrected chi connectivity index (χ0v) is 22.4. The van der Waals surface area contributed by atoms with E-state index in [1.165, 1.54) is 0 Å². The minimum atomic E-state index is -0.331. The van der Waals surface area contributed by atoms with Crippen molar-refractivity contribution in [1.29, 1.82) is 0 Å². The summed E-state index contributed by atoms with van der Waals surface area (Å²) in [5.41, 5.74) is 3.00. The van der Waals surface area contributed by atoms with Crippen molar-refractivity contribution in [2.45, 2.75) is 25.2 Å². The summed E-state index contributed by atoms with van der Waals surface area (Å²) in [6.45, 7) is 0.571. The van der Waals surface area contributed by atoms with Crippen LogP contribution in [0.3, 0.4) is 0 Å². The van der Waals surface area contributed by atoms with Gasteiger partial charge in [0.2, 0.25) is 0 Å². The van der Waals surface area contributed by atoms with Gasteiger partial charge in [-0.05, 0) is 58.0 Å². The highest BCUT2D eigenvalue weighted by Crippen LogP contribution is 2.47. The minimum absolute atomic E-state index is 0.132. The van der Waals surface area contributed by atoms with Crippen molar-refractivity contribution in [3.63, 3.8) is 0 Å². The van der Waals surface area contributed by atoms with Gasteiger partial charge in [-0.1, -0.05) is 24.3 Å². The van der Waals surface area contributed by atoms with Crippen molar-refractivity contribution in [1.82, 2.24) is 0 Å². The molecule has 1 aliphatic heterocycles. The third-order valence-electron chi connectivity index (χ3n) is 5.86. The molecule has 0 unspecified atom stereocenters. The van der Waals surface area contributed by atoms with Crippen LogP contribution in [0.2, 0.25) is 0 Å². The number of benzene rings is 3. The van der Waals surface area contributed by atoms with Gasteiger partial charge >= 0.3 is 0 Å². The Morgan fingerprint density at radius 3 is 2.11 bits per heavy atom. The Morgan fingerprint density at radius 2 is 1.51 bits per heavy atom. The summed E-state index contributed by atoms with van der Waals surface area (Å²) in [5.74, 6) is 3.67. The summed E-state index contributed by atoms with van der Waals surface area (Å²) in [6, 6.07) is 17.6. The first kappa shape index (κ1) is 25.4. The second-order valence-electron chi connectivity index (χ2n) is 7.96. The Morgan fingerprint density at radius 1 is 0.857 bits per heavy atom. The minimum Gasteiger partial charge on any atom is -0.497 e. The van der Waals surface area contributed by atoms with Gasteiger partial charge in [0.15, 0.2) is 12.9 Å². The van der Waals surface area contributed by atoms with Gasteiger partial charge in [-0.2, -0.15) is 0 Å². The summed E-state index contributed by atoms with van der Waals surface area (Å²) >= 11 is 2.25. The fourth-order valence-corrected chi connectivity index (χ4v) is 4.77. The van der Waals surface area contributed by atoms with Gasteiger partial charge in [0.1, 0.15) is 34.9 Å². The molecule has 0 saturated carbocycles. The van der Waals surface area contributed by atoms with Crippen LogP contribution in [0.4, 0.5) is 0 Å². The van der Waals surface area contributed by atoms with Crippen molar-refractivity contribution in [3.8, 4) is 28.7 Å². The molecule has 0 bridgehead atoms. The number of methoxy groups -OCH3 is 4. The van der Waals surface area contributed by atoms with E-state index in [9.17, 15) is 0 Å². The van der Waals surface area contributed by atoms with Crippen LogP contribution >= 0.6 is 22.6 Å². The molecule has 186 valence electrons. The van der Waals surface area contributed by atoms with Gasteiger partial charge in [0.05, 0.1) is 31.5 Å². The predicted molar refractivity (Wildman–Crippen MR) is 140 cm³/mol. The van der Waals surface area contributed by atoms with E-state index in [0.29, 0.717) is 24.5 Å². The summed E-state index contributed by atoms with van der Waals surface area (Å²) in [5, 5.41) is 0. The summed E-state index contributed by atoms with van der Waals surface area (Å²) in [6.07, 6.45) is 0.0438. The molecular formula is C27H29IO7. The maximum Gasteiger partial charge on any atom is 0.188 e. The summed E-state index contributed by atoms with van der Waals surface area (Å²) < 4.78 is 41.1. The Hall–Kier alpha value is -2.69. The number of halogens is 1. The smallest absolute Gasteiger partial charge is 0.188 e. The van der Waals surface area contributed by atoms with E-state index in [1.54, 1.807) is 28.4 Å². The lowest BCUT2D eigenvalue weighted by Gasteiger charge is -2.35. The van der Waals surface area contributed by atoms with Crippen LogP contribution in [0.25, 0.3) is 0 Å². The molecule has 0 spiro atoms. The highest BCUT2D eigenvalue weighted by molar-refractivity contribution is 14.1. The van der Waals surface area contributed by atoms with Gasteiger partial charge in [0.25, 0.3) is 0 Å². The van der Waals surface area contributed by atoms with Crippen LogP contribution in [0.15, 0.2) is 54.6 Å². The van der Waals surface area contributed by atoms with Gasteiger partial charge < -0.3 is 33.2 Å². The number of fused-ring (bicyclic) bond motifs is 1. The molecule has 1 aliphatic rings. The van der Waals surface area contributed by atoms with E-state index in [4.69, 9.17) is 33.2 Å². The van der Waals surface area contributed by atoms with Crippen LogP contribution in [0.1, 0.15) is 22.8 Å². The number of rotatable bonds is 10. The van der Waals surface area contributed by atoms with Crippen molar-refractivity contribution in [3.05, 3.63) is 74.9 Å². The van der Waals surface area contributed by atoms with E-state index >= 15 is 0 Å². The monoisotopic (exact) mass is 592 g/mol. The SMILES string of the molecule is COCOc1cc(OC)c2c(c1I)O[C@H](c1ccc(OC)cc1)[C@@H](OCc1ccc(OC)cc1)C2. The molecule has 7 nitrogen and oxygen atoms in total. The molecule has 35 heavy (non-hydrogen) atoms. The molecule has 2 atom stereocenters. The topological polar surface area (TPSA) is 64.6 Å². The molecule has 3 aromatic rings. The van der Waals surface area contributed by atoms with Crippen LogP contribution in [0, 0.1) is 3.57 Å². The van der Waals surface area contributed by atoms with E-state index in [-0.39, 0.29) is 19.0 Å². The van der Waals surface area contributed by atoms with Crippen LogP contribution < -0.4 is 23.7 Å². The molecule has 8 heteroatoms. The first-order valence-electron chi connectivity index (χ1n) is 11.1. The van der Waals surface area contributed by atoms with E-state index in [0.717, 1.165) is 37.5 Å². The lowest BCUT2D eigenvalue weighted by molar-refractivity contribution is -0.0472. The third-order valence-corrected chi connectivity index (χ3v) is 6.88. The number of hydrogen-bond acceptors (Lipinski definition) is 7. The van der Waals surface area contributed by atoms with Crippen LogP contribution in [-0.4, -0.2) is 41.3 Å². The molecule has 4 rings (SSSR count). The summed E-state index contributed by atoms with van der Waals surface area (Å²) in [4.78, 5) is 0. The zero-order valence-electron chi connectivity index (χ0n) is 20.2. The van der Waals surface area contributed by atoms with Gasteiger partial charge in [0, 0.05) is 25.2 Å². The first-order valence-corrected chi connectivity index (χ1v) is 12.2. The van der Waals surface area contributed by atoms with Crippen molar-refractivity contribution < 1.29 is 33.2 Å². The lowest BCUT2D eigenvalue weighted by Crippen LogP contribution is -2.33.